The molecular weight excluding hydrogens is 216 g/mol. The molecule has 0 atom stereocenters. The van der Waals surface area contributed by atoms with Gasteiger partial charge in [-0.05, 0) is 0 Å². The summed E-state index contributed by atoms with van der Waals surface area (Å²) >= 11 is 0. The molecule has 1 aromatic heterocycles. The summed E-state index contributed by atoms with van der Waals surface area (Å²) in [5.74, 6) is -1.29. The Balaban J connectivity index is 0.000000293. The Morgan fingerprint density at radius 2 is 1.19 bits per heavy atom. The second kappa shape index (κ2) is 6.00. The van der Waals surface area contributed by atoms with Crippen molar-refractivity contribution < 1.29 is 14.6 Å². The summed E-state index contributed by atoms with van der Waals surface area (Å²) in [6.07, 6.45) is 0. The highest BCUT2D eigenvalue weighted by molar-refractivity contribution is 5.33. The lowest BCUT2D eigenvalue weighted by Crippen LogP contribution is -2.28. The Hall–Kier alpha value is -1.71. The van der Waals surface area contributed by atoms with Crippen LogP contribution in [-0.2, 0) is 9.47 Å². The molecule has 1 aromatic rings. The van der Waals surface area contributed by atoms with Gasteiger partial charge in [-0.1, -0.05) is 0 Å². The molecule has 0 amide bonds. The molecule has 1 heterocycles. The standard InChI is InChI=1S/C4H10O3.C3H6N6/c1-4(5,6-2)7-3;4-1-7-2(5)9-3(6)8-1/h5H,1-3H3;(H6,4,5,6,7,8,9). The summed E-state index contributed by atoms with van der Waals surface area (Å²) in [4.78, 5) is 10.5. The minimum absolute atomic E-state index is 0.0417. The van der Waals surface area contributed by atoms with Crippen molar-refractivity contribution in [1.29, 1.82) is 0 Å². The number of ether oxygens (including phenoxy) is 2. The minimum atomic E-state index is -1.42. The Labute approximate surface area is 92.6 Å². The molecule has 0 saturated heterocycles. The molecule has 0 aliphatic rings. The van der Waals surface area contributed by atoms with Crippen LogP contribution in [0.1, 0.15) is 6.92 Å². The maximum atomic E-state index is 8.69. The number of methoxy groups -OCH3 is 2. The molecule has 0 fully saturated rings. The van der Waals surface area contributed by atoms with Crippen LogP contribution in [0, 0.1) is 0 Å². The average Bonchev–Trinajstić information content (AvgIpc) is 2.16. The zero-order valence-electron chi connectivity index (χ0n) is 9.34. The van der Waals surface area contributed by atoms with E-state index < -0.39 is 5.97 Å². The smallest absolute Gasteiger partial charge is 0.276 e. The van der Waals surface area contributed by atoms with E-state index in [-0.39, 0.29) is 17.8 Å². The molecule has 0 bridgehead atoms. The van der Waals surface area contributed by atoms with E-state index in [2.05, 4.69) is 24.4 Å². The van der Waals surface area contributed by atoms with Crippen LogP contribution in [0.2, 0.25) is 0 Å². The lowest BCUT2D eigenvalue weighted by atomic mass is 10.7. The molecule has 9 heteroatoms. The Morgan fingerprint density at radius 3 is 1.31 bits per heavy atom. The molecule has 0 unspecified atom stereocenters. The predicted molar refractivity (Wildman–Crippen MR) is 57.7 cm³/mol. The number of nitrogens with two attached hydrogens (primary N) is 3. The Morgan fingerprint density at radius 1 is 0.938 bits per heavy atom. The van der Waals surface area contributed by atoms with Crippen molar-refractivity contribution in [3.05, 3.63) is 0 Å². The van der Waals surface area contributed by atoms with Crippen molar-refractivity contribution in [2.75, 3.05) is 31.4 Å². The molecule has 0 spiro atoms. The number of anilines is 3. The molecule has 0 radical (unpaired) electrons. The number of hydrogen-bond acceptors (Lipinski definition) is 9. The monoisotopic (exact) mass is 232 g/mol. The van der Waals surface area contributed by atoms with Crippen LogP contribution >= 0.6 is 0 Å². The van der Waals surface area contributed by atoms with E-state index in [1.54, 1.807) is 0 Å². The van der Waals surface area contributed by atoms with Gasteiger partial charge in [0.25, 0.3) is 5.97 Å². The maximum Gasteiger partial charge on any atom is 0.276 e. The summed E-state index contributed by atoms with van der Waals surface area (Å²) in [5, 5.41) is 8.69. The SMILES string of the molecule is COC(C)(O)OC.Nc1nc(N)nc(N)n1. The molecule has 7 N–H and O–H groups in total. The molecule has 1 rings (SSSR count). The van der Waals surface area contributed by atoms with Gasteiger partial charge in [-0.25, -0.2) is 0 Å². The summed E-state index contributed by atoms with van der Waals surface area (Å²) in [6, 6.07) is 0. The van der Waals surface area contributed by atoms with Crippen LogP contribution < -0.4 is 17.2 Å². The van der Waals surface area contributed by atoms with E-state index >= 15 is 0 Å². The first-order chi connectivity index (χ1) is 7.30. The van der Waals surface area contributed by atoms with E-state index in [9.17, 15) is 0 Å². The number of hydrogen-bond donors (Lipinski definition) is 4. The van der Waals surface area contributed by atoms with E-state index in [4.69, 9.17) is 22.3 Å². The summed E-state index contributed by atoms with van der Waals surface area (Å²) in [5.41, 5.74) is 15.4. The fourth-order valence-electron chi connectivity index (χ4n) is 0.510. The summed E-state index contributed by atoms with van der Waals surface area (Å²) in [6.45, 7) is 1.41. The lowest BCUT2D eigenvalue weighted by molar-refractivity contribution is -0.326. The van der Waals surface area contributed by atoms with Gasteiger partial charge in [0.2, 0.25) is 17.8 Å². The fraction of sp³-hybridized carbons (Fsp3) is 0.571. The molecular formula is C7H16N6O3. The average molecular weight is 232 g/mol. The van der Waals surface area contributed by atoms with E-state index in [0.717, 1.165) is 0 Å². The quantitative estimate of drug-likeness (QED) is 0.448. The summed E-state index contributed by atoms with van der Waals surface area (Å²) in [7, 11) is 2.73. The highest BCUT2D eigenvalue weighted by Gasteiger charge is 2.15. The molecule has 0 saturated carbocycles. The van der Waals surface area contributed by atoms with Crippen LogP contribution in [0.15, 0.2) is 0 Å². The van der Waals surface area contributed by atoms with E-state index in [1.807, 2.05) is 0 Å². The van der Waals surface area contributed by atoms with E-state index in [1.165, 1.54) is 21.1 Å². The zero-order chi connectivity index (χ0) is 12.8. The number of aromatic nitrogens is 3. The third kappa shape index (κ3) is 5.90. The topological polar surface area (TPSA) is 155 Å². The van der Waals surface area contributed by atoms with Gasteiger partial charge >= 0.3 is 0 Å². The molecule has 9 nitrogen and oxygen atoms in total. The van der Waals surface area contributed by atoms with Crippen molar-refractivity contribution in [3.8, 4) is 0 Å². The normalized spacial score (nSPS) is 10.5. The minimum Gasteiger partial charge on any atom is -0.368 e. The third-order valence-corrected chi connectivity index (χ3v) is 1.44. The second-order valence-electron chi connectivity index (χ2n) is 2.72. The van der Waals surface area contributed by atoms with Gasteiger partial charge in [0.05, 0.1) is 0 Å². The lowest BCUT2D eigenvalue weighted by Gasteiger charge is -2.17. The van der Waals surface area contributed by atoms with Gasteiger partial charge in [-0.3, -0.25) is 0 Å². The Kier molecular flexibility index (Phi) is 5.36. The maximum absolute atomic E-state index is 8.69. The number of nitrogens with zero attached hydrogens (tertiary/aromatic N) is 3. The van der Waals surface area contributed by atoms with Gasteiger partial charge < -0.3 is 31.8 Å². The van der Waals surface area contributed by atoms with Gasteiger partial charge in [-0.15, -0.1) is 0 Å². The highest BCUT2D eigenvalue weighted by atomic mass is 16.8. The van der Waals surface area contributed by atoms with Crippen molar-refractivity contribution in [2.24, 2.45) is 0 Å². The molecule has 16 heavy (non-hydrogen) atoms. The summed E-state index contributed by atoms with van der Waals surface area (Å²) < 4.78 is 8.84. The van der Waals surface area contributed by atoms with Crippen molar-refractivity contribution in [2.45, 2.75) is 12.9 Å². The third-order valence-electron chi connectivity index (χ3n) is 1.44. The number of rotatable bonds is 2. The first kappa shape index (κ1) is 14.3. The van der Waals surface area contributed by atoms with Crippen LogP contribution in [-0.4, -0.2) is 40.3 Å². The van der Waals surface area contributed by atoms with Crippen LogP contribution in [0.25, 0.3) is 0 Å². The zero-order valence-corrected chi connectivity index (χ0v) is 9.34. The first-order valence-corrected chi connectivity index (χ1v) is 4.16. The number of aliphatic hydroxyl groups is 1. The second-order valence-corrected chi connectivity index (χ2v) is 2.72. The van der Waals surface area contributed by atoms with Gasteiger partial charge in [0.15, 0.2) is 0 Å². The molecule has 0 aliphatic carbocycles. The van der Waals surface area contributed by atoms with Crippen molar-refractivity contribution in [3.63, 3.8) is 0 Å². The Bertz CT molecular complexity index is 275. The van der Waals surface area contributed by atoms with Gasteiger partial charge in [0, 0.05) is 21.1 Å². The highest BCUT2D eigenvalue weighted by Crippen LogP contribution is 2.01. The van der Waals surface area contributed by atoms with Crippen LogP contribution in [0.5, 0.6) is 0 Å². The fourth-order valence-corrected chi connectivity index (χ4v) is 0.510. The first-order valence-electron chi connectivity index (χ1n) is 4.16. The largest absolute Gasteiger partial charge is 0.368 e. The molecule has 0 aliphatic heterocycles. The number of nitrogen functional groups attached to an aromatic ring is 3. The van der Waals surface area contributed by atoms with Gasteiger partial charge in [0.1, 0.15) is 0 Å². The van der Waals surface area contributed by atoms with Gasteiger partial charge in [-0.2, -0.15) is 15.0 Å². The van der Waals surface area contributed by atoms with Crippen molar-refractivity contribution in [1.82, 2.24) is 15.0 Å². The van der Waals surface area contributed by atoms with Crippen LogP contribution in [0.3, 0.4) is 0 Å². The van der Waals surface area contributed by atoms with Crippen LogP contribution in [0.4, 0.5) is 17.8 Å². The molecule has 0 aromatic carbocycles. The van der Waals surface area contributed by atoms with Crippen molar-refractivity contribution >= 4 is 17.8 Å². The molecule has 92 valence electrons. The van der Waals surface area contributed by atoms with E-state index in [0.29, 0.717) is 0 Å². The predicted octanol–water partition coefficient (Wildman–Crippen LogP) is -1.44.